The highest BCUT2D eigenvalue weighted by molar-refractivity contribution is 7.80. The standard InChI is InChI=1S/C18H19N3O3S/c1-12-6-8-15(9-7-12)24-11-16(22)19-18(25)21-20-17(23)14-5-3-4-13(2)10-14/h3-10H,11H2,1-2H3,(H,20,23)(H2,19,21,22,25). The molecule has 0 atom stereocenters. The molecular weight excluding hydrogens is 338 g/mol. The number of carbonyl (C=O) groups is 2. The van der Waals surface area contributed by atoms with Crippen LogP contribution in [0, 0.1) is 13.8 Å². The van der Waals surface area contributed by atoms with Crippen molar-refractivity contribution in [2.75, 3.05) is 6.61 Å². The van der Waals surface area contributed by atoms with Crippen LogP contribution in [0.4, 0.5) is 0 Å². The number of hydrogen-bond acceptors (Lipinski definition) is 4. The van der Waals surface area contributed by atoms with E-state index in [4.69, 9.17) is 17.0 Å². The molecule has 2 aromatic rings. The summed E-state index contributed by atoms with van der Waals surface area (Å²) in [5.41, 5.74) is 7.47. The third-order valence-electron chi connectivity index (χ3n) is 3.21. The molecule has 0 aromatic heterocycles. The Hall–Kier alpha value is -2.93. The summed E-state index contributed by atoms with van der Waals surface area (Å²) in [6, 6.07) is 14.4. The van der Waals surface area contributed by atoms with Gasteiger partial charge in [-0.1, -0.05) is 35.4 Å². The lowest BCUT2D eigenvalue weighted by molar-refractivity contribution is -0.121. The summed E-state index contributed by atoms with van der Waals surface area (Å²) in [6.45, 7) is 3.67. The van der Waals surface area contributed by atoms with Gasteiger partial charge in [-0.15, -0.1) is 0 Å². The second-order valence-electron chi connectivity index (χ2n) is 5.43. The van der Waals surface area contributed by atoms with Gasteiger partial charge in [-0.25, -0.2) is 0 Å². The van der Waals surface area contributed by atoms with E-state index in [1.807, 2.05) is 32.0 Å². The van der Waals surface area contributed by atoms with E-state index < -0.39 is 5.91 Å². The predicted molar refractivity (Wildman–Crippen MR) is 99.2 cm³/mol. The second kappa shape index (κ2) is 8.79. The first kappa shape index (κ1) is 18.4. The van der Waals surface area contributed by atoms with E-state index >= 15 is 0 Å². The molecule has 0 unspecified atom stereocenters. The van der Waals surface area contributed by atoms with Crippen molar-refractivity contribution in [2.45, 2.75) is 13.8 Å². The van der Waals surface area contributed by atoms with E-state index in [0.29, 0.717) is 11.3 Å². The summed E-state index contributed by atoms with van der Waals surface area (Å²) in [6.07, 6.45) is 0. The highest BCUT2D eigenvalue weighted by Gasteiger charge is 2.08. The van der Waals surface area contributed by atoms with E-state index in [1.54, 1.807) is 30.3 Å². The van der Waals surface area contributed by atoms with Crippen molar-refractivity contribution in [1.82, 2.24) is 16.2 Å². The van der Waals surface area contributed by atoms with Crippen LogP contribution in [0.5, 0.6) is 5.75 Å². The maximum Gasteiger partial charge on any atom is 0.269 e. The van der Waals surface area contributed by atoms with Crippen LogP contribution in [0.1, 0.15) is 21.5 Å². The van der Waals surface area contributed by atoms with Crippen LogP contribution < -0.4 is 20.9 Å². The van der Waals surface area contributed by atoms with E-state index in [9.17, 15) is 9.59 Å². The van der Waals surface area contributed by atoms with Crippen LogP contribution in [-0.2, 0) is 4.79 Å². The second-order valence-corrected chi connectivity index (χ2v) is 5.84. The Morgan fingerprint density at radius 2 is 1.72 bits per heavy atom. The van der Waals surface area contributed by atoms with Crippen LogP contribution in [0.25, 0.3) is 0 Å². The van der Waals surface area contributed by atoms with Crippen LogP contribution in [0.2, 0.25) is 0 Å². The topological polar surface area (TPSA) is 79.5 Å². The SMILES string of the molecule is Cc1ccc(OCC(=O)NC(=S)NNC(=O)c2cccc(C)c2)cc1. The Labute approximate surface area is 151 Å². The van der Waals surface area contributed by atoms with Gasteiger partial charge < -0.3 is 4.74 Å². The fourth-order valence-corrected chi connectivity index (χ4v) is 2.11. The van der Waals surface area contributed by atoms with E-state index in [-0.39, 0.29) is 17.6 Å². The number of benzene rings is 2. The zero-order valence-electron chi connectivity index (χ0n) is 14.0. The van der Waals surface area contributed by atoms with Crippen molar-refractivity contribution in [2.24, 2.45) is 0 Å². The van der Waals surface area contributed by atoms with Crippen molar-refractivity contribution in [3.8, 4) is 5.75 Å². The average molecular weight is 357 g/mol. The normalized spacial score (nSPS) is 9.84. The lowest BCUT2D eigenvalue weighted by Crippen LogP contribution is -2.49. The predicted octanol–water partition coefficient (Wildman–Crippen LogP) is 2.02. The maximum absolute atomic E-state index is 12.0. The number of nitrogens with one attached hydrogen (secondary N) is 3. The molecule has 7 heteroatoms. The lowest BCUT2D eigenvalue weighted by atomic mass is 10.1. The Morgan fingerprint density at radius 1 is 1.00 bits per heavy atom. The zero-order valence-corrected chi connectivity index (χ0v) is 14.8. The van der Waals surface area contributed by atoms with Crippen molar-refractivity contribution in [3.63, 3.8) is 0 Å². The maximum atomic E-state index is 12.0. The minimum absolute atomic E-state index is 0.0153. The molecule has 0 bridgehead atoms. The summed E-state index contributed by atoms with van der Waals surface area (Å²) in [5, 5.41) is 2.41. The van der Waals surface area contributed by atoms with Gasteiger partial charge in [0.05, 0.1) is 0 Å². The average Bonchev–Trinajstić information content (AvgIpc) is 2.59. The summed E-state index contributed by atoms with van der Waals surface area (Å²) < 4.78 is 5.34. The third-order valence-corrected chi connectivity index (χ3v) is 3.42. The van der Waals surface area contributed by atoms with Crippen LogP contribution in [0.15, 0.2) is 48.5 Å². The summed E-state index contributed by atoms with van der Waals surface area (Å²) >= 11 is 4.96. The van der Waals surface area contributed by atoms with E-state index in [1.165, 1.54) is 0 Å². The van der Waals surface area contributed by atoms with Gasteiger partial charge >= 0.3 is 0 Å². The van der Waals surface area contributed by atoms with Crippen molar-refractivity contribution in [1.29, 1.82) is 0 Å². The number of rotatable bonds is 4. The quantitative estimate of drug-likeness (QED) is 0.576. The molecule has 6 nitrogen and oxygen atoms in total. The monoisotopic (exact) mass is 357 g/mol. The van der Waals surface area contributed by atoms with E-state index in [2.05, 4.69) is 16.2 Å². The minimum Gasteiger partial charge on any atom is -0.484 e. The molecule has 0 fully saturated rings. The number of hydrazine groups is 1. The summed E-state index contributed by atoms with van der Waals surface area (Å²) in [5.74, 6) is -0.188. The first-order chi connectivity index (χ1) is 11.9. The summed E-state index contributed by atoms with van der Waals surface area (Å²) in [4.78, 5) is 23.7. The molecule has 25 heavy (non-hydrogen) atoms. The number of amides is 2. The summed E-state index contributed by atoms with van der Waals surface area (Å²) in [7, 11) is 0. The van der Waals surface area contributed by atoms with Gasteiger partial charge in [0, 0.05) is 5.56 Å². The molecule has 2 rings (SSSR count). The number of hydrogen-bond donors (Lipinski definition) is 3. The number of carbonyl (C=O) groups excluding carboxylic acids is 2. The largest absolute Gasteiger partial charge is 0.484 e. The molecule has 0 heterocycles. The minimum atomic E-state index is -0.428. The molecule has 0 spiro atoms. The Balaban J connectivity index is 1.73. The van der Waals surface area contributed by atoms with Crippen LogP contribution >= 0.6 is 12.2 Å². The highest BCUT2D eigenvalue weighted by Crippen LogP contribution is 2.10. The van der Waals surface area contributed by atoms with Gasteiger partial charge in [0.25, 0.3) is 11.8 Å². The molecule has 2 amide bonds. The fraction of sp³-hybridized carbons (Fsp3) is 0.167. The Morgan fingerprint density at radius 3 is 2.40 bits per heavy atom. The first-order valence-electron chi connectivity index (χ1n) is 7.60. The highest BCUT2D eigenvalue weighted by atomic mass is 32.1. The third kappa shape index (κ3) is 6.23. The molecule has 0 aliphatic rings. The number of thiocarbonyl (C=S) groups is 1. The molecule has 0 aliphatic heterocycles. The number of aryl methyl sites for hydroxylation is 2. The Kier molecular flexibility index (Phi) is 6.47. The molecule has 0 saturated heterocycles. The molecule has 3 N–H and O–H groups in total. The van der Waals surface area contributed by atoms with Crippen LogP contribution in [0.3, 0.4) is 0 Å². The Bertz CT molecular complexity index is 775. The lowest BCUT2D eigenvalue weighted by Gasteiger charge is -2.11. The van der Waals surface area contributed by atoms with Gasteiger partial charge in [0.15, 0.2) is 11.7 Å². The molecule has 0 saturated carbocycles. The van der Waals surface area contributed by atoms with Crippen LogP contribution in [-0.4, -0.2) is 23.5 Å². The van der Waals surface area contributed by atoms with Gasteiger partial charge in [-0.3, -0.25) is 25.8 Å². The molecule has 130 valence electrons. The molecule has 2 aromatic carbocycles. The van der Waals surface area contributed by atoms with Gasteiger partial charge in [0.2, 0.25) is 0 Å². The zero-order chi connectivity index (χ0) is 18.2. The fourth-order valence-electron chi connectivity index (χ4n) is 1.95. The number of ether oxygens (including phenoxy) is 1. The molecular formula is C18H19N3O3S. The van der Waals surface area contributed by atoms with Gasteiger partial charge in [0.1, 0.15) is 5.75 Å². The molecule has 0 aliphatic carbocycles. The van der Waals surface area contributed by atoms with Crippen molar-refractivity contribution < 1.29 is 14.3 Å². The van der Waals surface area contributed by atoms with Crippen molar-refractivity contribution in [3.05, 3.63) is 65.2 Å². The van der Waals surface area contributed by atoms with Gasteiger partial charge in [-0.2, -0.15) is 0 Å². The van der Waals surface area contributed by atoms with E-state index in [0.717, 1.165) is 11.1 Å². The van der Waals surface area contributed by atoms with Gasteiger partial charge in [-0.05, 0) is 50.3 Å². The smallest absolute Gasteiger partial charge is 0.269 e. The first-order valence-corrected chi connectivity index (χ1v) is 8.01. The molecule has 0 radical (unpaired) electrons. The van der Waals surface area contributed by atoms with Crippen molar-refractivity contribution >= 4 is 29.1 Å².